The first-order valence-electron chi connectivity index (χ1n) is 28.9. The van der Waals surface area contributed by atoms with Crippen LogP contribution in [0.15, 0.2) is 0 Å². The second-order valence-electron chi connectivity index (χ2n) is 27.4. The normalized spacial score (nSPS) is 49.7. The number of rotatable bonds is 16. The molecular formula is C60H106O2. The summed E-state index contributed by atoms with van der Waals surface area (Å²) in [6, 6.07) is 0. The van der Waals surface area contributed by atoms with Crippen molar-refractivity contribution >= 4 is 0 Å². The van der Waals surface area contributed by atoms with Crippen LogP contribution in [0.2, 0.25) is 0 Å². The number of fused-ring (bicyclic) bond motifs is 10. The van der Waals surface area contributed by atoms with Gasteiger partial charge in [-0.2, -0.15) is 0 Å². The number of aliphatic hydroxyl groups is 1. The van der Waals surface area contributed by atoms with E-state index in [1.165, 1.54) is 154 Å². The fourth-order valence-corrected chi connectivity index (χ4v) is 21.0. The van der Waals surface area contributed by atoms with E-state index in [1.807, 2.05) is 0 Å². The van der Waals surface area contributed by atoms with Crippen molar-refractivity contribution in [2.75, 3.05) is 0 Å². The van der Waals surface area contributed by atoms with Crippen molar-refractivity contribution in [2.45, 2.75) is 262 Å². The van der Waals surface area contributed by atoms with E-state index in [0.717, 1.165) is 83.9 Å². The summed E-state index contributed by atoms with van der Waals surface area (Å²) in [6.07, 6.45) is 35.7. The second-order valence-corrected chi connectivity index (χ2v) is 27.4. The Labute approximate surface area is 386 Å². The number of hydrogen-bond donors (Lipinski definition) is 1. The zero-order chi connectivity index (χ0) is 44.4. The Bertz CT molecular complexity index is 1470. The average molecular weight is 860 g/mol. The maximum absolute atomic E-state index is 14.5. The summed E-state index contributed by atoms with van der Waals surface area (Å²) < 4.78 is 8.37. The lowest BCUT2D eigenvalue weighted by Crippen LogP contribution is -2.70. The SMILES string of the molecule is CCCC1CCC2CC[C@@H]3[C@H](CC[C@]4(C)[C@@H]([C@H](C)CCCC(C)C)CC[C@@H]34)[C@@]2(C)C1OC1(O)C(CCC)CCC2CC[C@H]3[C@@H]4CC[C@H]([C@H](C)CCCC(C)C)[C@@]4(C)CC[C@@H]3[C@]21C. The monoisotopic (exact) mass is 859 g/mol. The van der Waals surface area contributed by atoms with Crippen molar-refractivity contribution in [3.63, 3.8) is 0 Å². The molecule has 62 heavy (non-hydrogen) atoms. The molecule has 0 aliphatic heterocycles. The van der Waals surface area contributed by atoms with Crippen LogP contribution in [0.4, 0.5) is 0 Å². The first kappa shape index (κ1) is 48.4. The molecule has 1 N–H and O–H groups in total. The molecule has 358 valence electrons. The van der Waals surface area contributed by atoms with Gasteiger partial charge in [0.1, 0.15) is 0 Å². The van der Waals surface area contributed by atoms with Gasteiger partial charge in [-0.3, -0.25) is 0 Å². The van der Waals surface area contributed by atoms with E-state index in [2.05, 4.69) is 83.1 Å². The molecule has 0 radical (unpaired) electrons. The van der Waals surface area contributed by atoms with Crippen molar-refractivity contribution in [1.29, 1.82) is 0 Å². The van der Waals surface area contributed by atoms with E-state index in [4.69, 9.17) is 4.74 Å². The van der Waals surface area contributed by atoms with Crippen molar-refractivity contribution in [3.05, 3.63) is 0 Å². The molecule has 0 amide bonds. The first-order chi connectivity index (χ1) is 29.5. The Hall–Kier alpha value is -0.0800. The maximum Gasteiger partial charge on any atom is 0.174 e. The fraction of sp³-hybridized carbons (Fsp3) is 1.00. The van der Waals surface area contributed by atoms with Crippen LogP contribution in [-0.2, 0) is 4.74 Å². The molecule has 8 fully saturated rings. The van der Waals surface area contributed by atoms with E-state index in [-0.39, 0.29) is 22.9 Å². The van der Waals surface area contributed by atoms with Gasteiger partial charge in [0.05, 0.1) is 6.10 Å². The summed E-state index contributed by atoms with van der Waals surface area (Å²) in [5, 5.41) is 14.5. The predicted molar refractivity (Wildman–Crippen MR) is 264 cm³/mol. The summed E-state index contributed by atoms with van der Waals surface area (Å²) in [7, 11) is 0. The summed E-state index contributed by atoms with van der Waals surface area (Å²) in [6.45, 7) is 30.8. The quantitative estimate of drug-likeness (QED) is 0.157. The first-order valence-corrected chi connectivity index (χ1v) is 28.9. The molecule has 8 saturated carbocycles. The van der Waals surface area contributed by atoms with Gasteiger partial charge in [0, 0.05) is 16.7 Å². The molecule has 20 atom stereocenters. The smallest absolute Gasteiger partial charge is 0.174 e. The zero-order valence-electron chi connectivity index (χ0n) is 43.6. The van der Waals surface area contributed by atoms with E-state index in [9.17, 15) is 5.11 Å². The Morgan fingerprint density at radius 2 is 1.02 bits per heavy atom. The van der Waals surface area contributed by atoms with Crippen LogP contribution < -0.4 is 0 Å². The van der Waals surface area contributed by atoms with Gasteiger partial charge in [-0.15, -0.1) is 0 Å². The lowest BCUT2D eigenvalue weighted by molar-refractivity contribution is -0.394. The highest BCUT2D eigenvalue weighted by Crippen LogP contribution is 2.74. The fourth-order valence-electron chi connectivity index (χ4n) is 21.0. The third-order valence-corrected chi connectivity index (χ3v) is 24.0. The molecule has 8 aliphatic carbocycles. The van der Waals surface area contributed by atoms with E-state index in [0.29, 0.717) is 28.6 Å². The van der Waals surface area contributed by atoms with Gasteiger partial charge >= 0.3 is 0 Å². The predicted octanol–water partition coefficient (Wildman–Crippen LogP) is 17.4. The molecule has 2 nitrogen and oxygen atoms in total. The van der Waals surface area contributed by atoms with E-state index < -0.39 is 5.79 Å². The Kier molecular flexibility index (Phi) is 14.7. The van der Waals surface area contributed by atoms with Crippen molar-refractivity contribution in [2.24, 2.45) is 116 Å². The summed E-state index contributed by atoms with van der Waals surface area (Å²) >= 11 is 0. The van der Waals surface area contributed by atoms with Gasteiger partial charge in [-0.1, -0.05) is 134 Å². The maximum atomic E-state index is 14.5. The summed E-state index contributed by atoms with van der Waals surface area (Å²) in [4.78, 5) is 0. The molecular weight excluding hydrogens is 753 g/mol. The molecule has 0 heterocycles. The minimum Gasteiger partial charge on any atom is -0.365 e. The third-order valence-electron chi connectivity index (χ3n) is 24.0. The van der Waals surface area contributed by atoms with Crippen molar-refractivity contribution in [3.8, 4) is 0 Å². The van der Waals surface area contributed by atoms with Crippen LogP contribution in [0.3, 0.4) is 0 Å². The van der Waals surface area contributed by atoms with Gasteiger partial charge in [-0.05, 0) is 215 Å². The van der Waals surface area contributed by atoms with Crippen LogP contribution in [-0.4, -0.2) is 17.0 Å². The largest absolute Gasteiger partial charge is 0.365 e. The summed E-state index contributed by atoms with van der Waals surface area (Å²) in [5.41, 5.74) is 1.01. The van der Waals surface area contributed by atoms with Crippen molar-refractivity contribution < 1.29 is 9.84 Å². The lowest BCUT2D eigenvalue weighted by atomic mass is 9.41. The van der Waals surface area contributed by atoms with Gasteiger partial charge in [0.15, 0.2) is 5.79 Å². The molecule has 0 aromatic rings. The Morgan fingerprint density at radius 1 is 0.516 bits per heavy atom. The van der Waals surface area contributed by atoms with Gasteiger partial charge in [-0.25, -0.2) is 0 Å². The zero-order valence-corrected chi connectivity index (χ0v) is 43.6. The van der Waals surface area contributed by atoms with E-state index in [1.54, 1.807) is 0 Å². The molecule has 6 unspecified atom stereocenters. The molecule has 8 rings (SSSR count). The molecule has 0 saturated heterocycles. The molecule has 0 aromatic heterocycles. The highest BCUT2D eigenvalue weighted by molar-refractivity contribution is 5.17. The summed E-state index contributed by atoms with van der Waals surface area (Å²) in [5.74, 6) is 11.0. The van der Waals surface area contributed by atoms with Crippen LogP contribution in [0.1, 0.15) is 250 Å². The Morgan fingerprint density at radius 3 is 1.56 bits per heavy atom. The molecule has 0 aromatic carbocycles. The van der Waals surface area contributed by atoms with Crippen LogP contribution in [0, 0.1) is 116 Å². The minimum atomic E-state index is -1.02. The average Bonchev–Trinajstić information content (AvgIpc) is 3.77. The topological polar surface area (TPSA) is 29.5 Å². The highest BCUT2D eigenvalue weighted by atomic mass is 16.6. The molecule has 2 heteroatoms. The lowest BCUT2D eigenvalue weighted by Gasteiger charge is -2.69. The van der Waals surface area contributed by atoms with Crippen LogP contribution >= 0.6 is 0 Å². The molecule has 8 aliphatic rings. The van der Waals surface area contributed by atoms with Gasteiger partial charge in [0.25, 0.3) is 0 Å². The van der Waals surface area contributed by atoms with Crippen LogP contribution in [0.5, 0.6) is 0 Å². The molecule has 0 bridgehead atoms. The van der Waals surface area contributed by atoms with E-state index >= 15 is 0 Å². The van der Waals surface area contributed by atoms with Crippen molar-refractivity contribution in [1.82, 2.24) is 0 Å². The van der Waals surface area contributed by atoms with Gasteiger partial charge < -0.3 is 9.84 Å². The van der Waals surface area contributed by atoms with Crippen LogP contribution in [0.25, 0.3) is 0 Å². The highest BCUT2D eigenvalue weighted by Gasteiger charge is 2.71. The number of ether oxygens (including phenoxy) is 1. The minimum absolute atomic E-state index is 0.153. The third kappa shape index (κ3) is 7.93. The Balaban J connectivity index is 1.10. The van der Waals surface area contributed by atoms with Gasteiger partial charge in [0.2, 0.25) is 0 Å². The number of hydrogen-bond acceptors (Lipinski definition) is 2. The molecule has 0 spiro atoms. The second kappa shape index (κ2) is 18.8. The standard InChI is InChI=1S/C60H106O2/c1-13-17-43-23-24-44-27-29-47-51-33-31-49(41(7)21-15-19-39(3)4)56(51,9)37-35-53(47)58(44,11)55(43)62-60(61)46(18-14-2)26-25-45-28-30-48-52-34-32-50(42(8)22-16-20-40(5)6)57(52,10)38-36-54(48)59(45,60)12/h39-55,61H,13-38H2,1-12H3/t41-,42-,43?,44?,45?,46?,47+,48+,49-,50-,51+,52+,53+,54+,55?,56-,57-,58+,59+,60?/m1/s1.